The summed E-state index contributed by atoms with van der Waals surface area (Å²) in [4.78, 5) is 22.7. The number of rotatable bonds is 2. The molecule has 3 heteroatoms. The molecule has 0 aliphatic heterocycles. The number of ketones is 1. The first kappa shape index (κ1) is 13.5. The minimum atomic E-state index is -0.368. The largest absolute Gasteiger partial charge is 0.393 e. The molecule has 2 saturated carbocycles. The molecule has 3 nitrogen and oxygen atoms in total. The molecule has 0 aromatic heterocycles. The van der Waals surface area contributed by atoms with E-state index in [1.54, 1.807) is 6.92 Å². The number of aliphatic hydroxyl groups excluding tert-OH is 1. The lowest BCUT2D eigenvalue weighted by molar-refractivity contribution is -0.127. The normalized spacial score (nSPS) is 41.5. The number of carbonyl (C=O) groups is 2. The summed E-state index contributed by atoms with van der Waals surface area (Å²) in [5.74, 6) is 0.161. The molecule has 2 aliphatic rings. The zero-order chi connectivity index (χ0) is 13.7. The monoisotopic (exact) mass is 250 g/mol. The van der Waals surface area contributed by atoms with Crippen LogP contribution in [-0.2, 0) is 9.59 Å². The SMILES string of the molecule is C/C(C=O)=C1/C(=O)C[C@]1(C)C1CC(C)(C)C[C@@H]1O. The van der Waals surface area contributed by atoms with E-state index in [1.807, 2.05) is 6.92 Å². The molecule has 0 aromatic carbocycles. The van der Waals surface area contributed by atoms with Gasteiger partial charge in [0.05, 0.1) is 6.10 Å². The fourth-order valence-electron chi connectivity index (χ4n) is 3.94. The lowest BCUT2D eigenvalue weighted by atomic mass is 9.55. The van der Waals surface area contributed by atoms with Crippen molar-refractivity contribution in [3.8, 4) is 0 Å². The molecule has 2 rings (SSSR count). The molecule has 0 amide bonds. The van der Waals surface area contributed by atoms with Gasteiger partial charge in [0.25, 0.3) is 0 Å². The highest BCUT2D eigenvalue weighted by molar-refractivity contribution is 6.08. The Balaban J connectivity index is 2.34. The van der Waals surface area contributed by atoms with Gasteiger partial charge in [-0.1, -0.05) is 20.8 Å². The average Bonchev–Trinajstić information content (AvgIpc) is 2.51. The quantitative estimate of drug-likeness (QED) is 0.604. The highest BCUT2D eigenvalue weighted by Gasteiger charge is 2.56. The average molecular weight is 250 g/mol. The molecule has 0 heterocycles. The Morgan fingerprint density at radius 2 is 1.94 bits per heavy atom. The summed E-state index contributed by atoms with van der Waals surface area (Å²) in [6.07, 6.45) is 2.54. The van der Waals surface area contributed by atoms with E-state index in [1.165, 1.54) is 0 Å². The molecular formula is C15H22O3. The lowest BCUT2D eigenvalue weighted by Gasteiger charge is -2.47. The summed E-state index contributed by atoms with van der Waals surface area (Å²) < 4.78 is 0. The summed E-state index contributed by atoms with van der Waals surface area (Å²) in [5.41, 5.74) is 0.992. The van der Waals surface area contributed by atoms with Gasteiger partial charge in [0.15, 0.2) is 5.78 Å². The van der Waals surface area contributed by atoms with Crippen molar-refractivity contribution in [2.75, 3.05) is 0 Å². The summed E-state index contributed by atoms with van der Waals surface area (Å²) in [5, 5.41) is 10.3. The smallest absolute Gasteiger partial charge is 0.160 e. The van der Waals surface area contributed by atoms with Crippen LogP contribution in [-0.4, -0.2) is 23.3 Å². The van der Waals surface area contributed by atoms with Crippen LogP contribution in [0.3, 0.4) is 0 Å². The molecule has 0 spiro atoms. The van der Waals surface area contributed by atoms with Crippen LogP contribution in [0.2, 0.25) is 0 Å². The number of aliphatic hydroxyl groups is 1. The van der Waals surface area contributed by atoms with E-state index in [4.69, 9.17) is 0 Å². The summed E-state index contributed by atoms with van der Waals surface area (Å²) in [6, 6.07) is 0. The van der Waals surface area contributed by atoms with Crippen molar-refractivity contribution in [3.05, 3.63) is 11.1 Å². The van der Waals surface area contributed by atoms with E-state index < -0.39 is 0 Å². The van der Waals surface area contributed by atoms with Gasteiger partial charge in [-0.2, -0.15) is 0 Å². The Labute approximate surface area is 108 Å². The van der Waals surface area contributed by atoms with Crippen LogP contribution in [0.25, 0.3) is 0 Å². The molecule has 0 saturated heterocycles. The van der Waals surface area contributed by atoms with E-state index >= 15 is 0 Å². The van der Waals surface area contributed by atoms with Crippen LogP contribution >= 0.6 is 0 Å². The van der Waals surface area contributed by atoms with Gasteiger partial charge in [0.1, 0.15) is 6.29 Å². The highest BCUT2D eigenvalue weighted by Crippen LogP contribution is 2.58. The third kappa shape index (κ3) is 1.85. The molecule has 1 N–H and O–H groups in total. The Bertz CT molecular complexity index is 433. The molecule has 3 atom stereocenters. The molecule has 100 valence electrons. The van der Waals surface area contributed by atoms with Gasteiger partial charge < -0.3 is 5.11 Å². The topological polar surface area (TPSA) is 54.4 Å². The Morgan fingerprint density at radius 1 is 1.33 bits per heavy atom. The fraction of sp³-hybridized carbons (Fsp3) is 0.733. The molecular weight excluding hydrogens is 228 g/mol. The maximum atomic E-state index is 11.8. The molecule has 1 unspecified atom stereocenters. The predicted molar refractivity (Wildman–Crippen MR) is 69.0 cm³/mol. The van der Waals surface area contributed by atoms with Crippen molar-refractivity contribution in [1.82, 2.24) is 0 Å². The van der Waals surface area contributed by atoms with E-state index in [0.717, 1.165) is 19.1 Å². The van der Waals surface area contributed by atoms with Gasteiger partial charge in [-0.15, -0.1) is 0 Å². The molecule has 0 bridgehead atoms. The maximum absolute atomic E-state index is 11.8. The van der Waals surface area contributed by atoms with Crippen LogP contribution in [0, 0.1) is 16.7 Å². The van der Waals surface area contributed by atoms with Crippen molar-refractivity contribution in [3.63, 3.8) is 0 Å². The van der Waals surface area contributed by atoms with Crippen molar-refractivity contribution in [2.24, 2.45) is 16.7 Å². The van der Waals surface area contributed by atoms with Crippen LogP contribution in [0.15, 0.2) is 11.1 Å². The van der Waals surface area contributed by atoms with Crippen LogP contribution in [0.5, 0.6) is 0 Å². The Morgan fingerprint density at radius 3 is 2.33 bits per heavy atom. The standard InChI is InChI=1S/C15H22O3/c1-9(8-16)13-12(18)7-15(13,4)10-5-14(2,3)6-11(10)17/h8,10-11,17H,5-7H2,1-4H3/b13-9+/t10?,11-,15+/m0/s1. The minimum absolute atomic E-state index is 0.0685. The summed E-state index contributed by atoms with van der Waals surface area (Å²) in [7, 11) is 0. The van der Waals surface area contributed by atoms with Gasteiger partial charge in [0.2, 0.25) is 0 Å². The zero-order valence-electron chi connectivity index (χ0n) is 11.6. The van der Waals surface area contributed by atoms with Crippen LogP contribution in [0.1, 0.15) is 47.0 Å². The number of aldehydes is 1. The third-order valence-electron chi connectivity index (χ3n) is 4.77. The lowest BCUT2D eigenvalue weighted by Crippen LogP contribution is -2.47. The van der Waals surface area contributed by atoms with Gasteiger partial charge in [-0.3, -0.25) is 9.59 Å². The van der Waals surface area contributed by atoms with Crippen molar-refractivity contribution in [1.29, 1.82) is 0 Å². The van der Waals surface area contributed by atoms with Gasteiger partial charge in [-0.25, -0.2) is 0 Å². The number of hydrogen-bond acceptors (Lipinski definition) is 3. The molecule has 18 heavy (non-hydrogen) atoms. The molecule has 2 fully saturated rings. The van der Waals surface area contributed by atoms with Crippen molar-refractivity contribution in [2.45, 2.75) is 53.1 Å². The number of hydrogen-bond donors (Lipinski definition) is 1. The van der Waals surface area contributed by atoms with E-state index in [-0.39, 0.29) is 28.6 Å². The van der Waals surface area contributed by atoms with E-state index in [2.05, 4.69) is 13.8 Å². The van der Waals surface area contributed by atoms with Gasteiger partial charge in [0, 0.05) is 17.4 Å². The van der Waals surface area contributed by atoms with Crippen molar-refractivity contribution < 1.29 is 14.7 Å². The highest BCUT2D eigenvalue weighted by atomic mass is 16.3. The molecule has 0 radical (unpaired) electrons. The molecule has 0 aromatic rings. The van der Waals surface area contributed by atoms with E-state index in [9.17, 15) is 14.7 Å². The molecule has 2 aliphatic carbocycles. The zero-order valence-corrected chi connectivity index (χ0v) is 11.6. The maximum Gasteiger partial charge on any atom is 0.160 e. The first-order chi connectivity index (χ1) is 8.21. The number of allylic oxidation sites excluding steroid dienone is 2. The summed E-state index contributed by atoms with van der Waals surface area (Å²) >= 11 is 0. The second-order valence-corrected chi connectivity index (χ2v) is 6.94. The third-order valence-corrected chi connectivity index (χ3v) is 4.77. The second kappa shape index (κ2) is 4.02. The first-order valence-corrected chi connectivity index (χ1v) is 6.59. The van der Waals surface area contributed by atoms with Crippen LogP contribution < -0.4 is 0 Å². The summed E-state index contributed by atoms with van der Waals surface area (Å²) in [6.45, 7) is 8.02. The minimum Gasteiger partial charge on any atom is -0.393 e. The predicted octanol–water partition coefficient (Wildman–Crippen LogP) is 2.28. The number of Topliss-reactive ketones (excluding diaryl/α,β-unsaturated/α-hetero) is 1. The Hall–Kier alpha value is -0.960. The van der Waals surface area contributed by atoms with E-state index in [0.29, 0.717) is 17.6 Å². The number of carbonyl (C=O) groups excluding carboxylic acids is 2. The fourth-order valence-corrected chi connectivity index (χ4v) is 3.94. The Kier molecular flexibility index (Phi) is 3.01. The van der Waals surface area contributed by atoms with Crippen molar-refractivity contribution >= 4 is 12.1 Å². The second-order valence-electron chi connectivity index (χ2n) is 6.94. The van der Waals surface area contributed by atoms with Crippen LogP contribution in [0.4, 0.5) is 0 Å². The van der Waals surface area contributed by atoms with Gasteiger partial charge >= 0.3 is 0 Å². The first-order valence-electron chi connectivity index (χ1n) is 6.59. The van der Waals surface area contributed by atoms with Gasteiger partial charge in [-0.05, 0) is 36.7 Å².